The molecule has 6 nitrogen and oxygen atoms in total. The Kier molecular flexibility index (Phi) is 5.11. The van der Waals surface area contributed by atoms with Crippen LogP contribution >= 0.6 is 11.6 Å². The smallest absolute Gasteiger partial charge is 0.263 e. The standard InChI is InChI=1S/C18H17ClN4O2S/c1-12-3-7-15(8-4-12)26(24,25)23-18-10-9-17(21-22-18)20-16-11-14(19)6-5-13(16)2/h3-11H,1-2H3,(H,20,21)(H,22,23). The minimum absolute atomic E-state index is 0.138. The number of anilines is 3. The first kappa shape index (κ1) is 18.2. The second-order valence-electron chi connectivity index (χ2n) is 5.81. The SMILES string of the molecule is Cc1ccc(S(=O)(=O)Nc2ccc(Nc3cc(Cl)ccc3C)nn2)cc1. The highest BCUT2D eigenvalue weighted by Gasteiger charge is 2.14. The van der Waals surface area contributed by atoms with Gasteiger partial charge in [-0.3, -0.25) is 4.72 Å². The fraction of sp³-hybridized carbons (Fsp3) is 0.111. The predicted octanol–water partition coefficient (Wildman–Crippen LogP) is 4.29. The van der Waals surface area contributed by atoms with Crippen molar-refractivity contribution in [3.8, 4) is 0 Å². The van der Waals surface area contributed by atoms with E-state index in [0.717, 1.165) is 16.8 Å². The number of hydrogen-bond acceptors (Lipinski definition) is 5. The molecule has 0 saturated heterocycles. The van der Waals surface area contributed by atoms with Crippen molar-refractivity contribution in [3.63, 3.8) is 0 Å². The van der Waals surface area contributed by atoms with Crippen LogP contribution in [0.3, 0.4) is 0 Å². The van der Waals surface area contributed by atoms with Crippen molar-refractivity contribution >= 4 is 38.9 Å². The molecule has 2 N–H and O–H groups in total. The lowest BCUT2D eigenvalue weighted by Crippen LogP contribution is -2.14. The summed E-state index contributed by atoms with van der Waals surface area (Å²) in [4.78, 5) is 0.168. The summed E-state index contributed by atoms with van der Waals surface area (Å²) in [6, 6.07) is 15.2. The van der Waals surface area contributed by atoms with Gasteiger partial charge in [-0.1, -0.05) is 35.4 Å². The van der Waals surface area contributed by atoms with Gasteiger partial charge in [0.2, 0.25) is 0 Å². The zero-order chi connectivity index (χ0) is 18.7. The highest BCUT2D eigenvalue weighted by molar-refractivity contribution is 7.92. The Hall–Kier alpha value is -2.64. The molecule has 0 aliphatic carbocycles. The van der Waals surface area contributed by atoms with Gasteiger partial charge in [0.1, 0.15) is 0 Å². The maximum atomic E-state index is 12.4. The molecule has 8 heteroatoms. The molecule has 0 unspecified atom stereocenters. The normalized spacial score (nSPS) is 11.2. The summed E-state index contributed by atoms with van der Waals surface area (Å²) in [7, 11) is -3.70. The van der Waals surface area contributed by atoms with Crippen molar-refractivity contribution < 1.29 is 8.42 Å². The average molecular weight is 389 g/mol. The molecule has 0 radical (unpaired) electrons. The van der Waals surface area contributed by atoms with Crippen LogP contribution < -0.4 is 10.0 Å². The Bertz CT molecular complexity index is 1020. The van der Waals surface area contributed by atoms with E-state index in [1.165, 1.54) is 0 Å². The predicted molar refractivity (Wildman–Crippen MR) is 103 cm³/mol. The van der Waals surface area contributed by atoms with Crippen LogP contribution in [0.1, 0.15) is 11.1 Å². The van der Waals surface area contributed by atoms with Crippen LogP contribution in [0.5, 0.6) is 0 Å². The highest BCUT2D eigenvalue weighted by atomic mass is 35.5. The van der Waals surface area contributed by atoms with Crippen LogP contribution in [0.25, 0.3) is 0 Å². The molecule has 0 bridgehead atoms. The summed E-state index contributed by atoms with van der Waals surface area (Å²) in [5.74, 6) is 0.618. The molecule has 2 aromatic carbocycles. The summed E-state index contributed by atoms with van der Waals surface area (Å²) in [5, 5.41) is 11.6. The van der Waals surface area contributed by atoms with Crippen molar-refractivity contribution in [2.45, 2.75) is 18.7 Å². The lowest BCUT2D eigenvalue weighted by molar-refractivity contribution is 0.601. The first-order valence-electron chi connectivity index (χ1n) is 7.80. The van der Waals surface area contributed by atoms with Gasteiger partial charge in [-0.2, -0.15) is 0 Å². The van der Waals surface area contributed by atoms with Crippen LogP contribution in [0.2, 0.25) is 5.02 Å². The third kappa shape index (κ3) is 4.30. The quantitative estimate of drug-likeness (QED) is 0.681. The lowest BCUT2D eigenvalue weighted by atomic mass is 10.2. The van der Waals surface area contributed by atoms with Gasteiger partial charge in [0.15, 0.2) is 11.6 Å². The molecule has 1 heterocycles. The van der Waals surface area contributed by atoms with Crippen LogP contribution in [0, 0.1) is 13.8 Å². The number of sulfonamides is 1. The first-order valence-corrected chi connectivity index (χ1v) is 9.66. The number of rotatable bonds is 5. The van der Waals surface area contributed by atoms with E-state index in [9.17, 15) is 8.42 Å². The molecule has 134 valence electrons. The number of nitrogens with zero attached hydrogens (tertiary/aromatic N) is 2. The number of aromatic nitrogens is 2. The minimum Gasteiger partial charge on any atom is -0.338 e. The molecule has 3 rings (SSSR count). The van der Waals surface area contributed by atoms with Gasteiger partial charge < -0.3 is 5.32 Å². The number of nitrogens with one attached hydrogen (secondary N) is 2. The second kappa shape index (κ2) is 7.31. The summed E-state index contributed by atoms with van der Waals surface area (Å²) < 4.78 is 27.1. The summed E-state index contributed by atoms with van der Waals surface area (Å²) in [6.07, 6.45) is 0. The summed E-state index contributed by atoms with van der Waals surface area (Å²) in [6.45, 7) is 3.83. The zero-order valence-electron chi connectivity index (χ0n) is 14.2. The fourth-order valence-electron chi connectivity index (χ4n) is 2.23. The van der Waals surface area contributed by atoms with E-state index < -0.39 is 10.0 Å². The first-order chi connectivity index (χ1) is 12.3. The number of benzene rings is 2. The molecule has 26 heavy (non-hydrogen) atoms. The zero-order valence-corrected chi connectivity index (χ0v) is 15.8. The maximum Gasteiger partial charge on any atom is 0.263 e. The lowest BCUT2D eigenvalue weighted by Gasteiger charge is -2.10. The van der Waals surface area contributed by atoms with Crippen LogP contribution in [0.4, 0.5) is 17.3 Å². The summed E-state index contributed by atoms with van der Waals surface area (Å²) in [5.41, 5.74) is 2.79. The Morgan fingerprint density at radius 2 is 1.54 bits per heavy atom. The van der Waals surface area contributed by atoms with Gasteiger partial charge in [0.05, 0.1) is 4.90 Å². The van der Waals surface area contributed by atoms with E-state index in [4.69, 9.17) is 11.6 Å². The Morgan fingerprint density at radius 1 is 0.885 bits per heavy atom. The van der Waals surface area contributed by atoms with Gasteiger partial charge >= 0.3 is 0 Å². The van der Waals surface area contributed by atoms with Crippen molar-refractivity contribution in [1.29, 1.82) is 0 Å². The van der Waals surface area contributed by atoms with Crippen molar-refractivity contribution in [3.05, 3.63) is 70.7 Å². The molecule has 3 aromatic rings. The van der Waals surface area contributed by atoms with E-state index in [1.807, 2.05) is 19.9 Å². The highest BCUT2D eigenvalue weighted by Crippen LogP contribution is 2.23. The molecule has 0 atom stereocenters. The van der Waals surface area contributed by atoms with Gasteiger partial charge in [0, 0.05) is 10.7 Å². The topological polar surface area (TPSA) is 84.0 Å². The number of aryl methyl sites for hydroxylation is 2. The second-order valence-corrected chi connectivity index (χ2v) is 7.93. The Labute approximate surface area is 157 Å². The number of hydrogen-bond donors (Lipinski definition) is 2. The number of halogens is 1. The van der Waals surface area contributed by atoms with E-state index in [2.05, 4.69) is 20.2 Å². The maximum absolute atomic E-state index is 12.4. The van der Waals surface area contributed by atoms with Gasteiger partial charge in [-0.05, 0) is 55.8 Å². The van der Waals surface area contributed by atoms with Crippen LogP contribution in [-0.2, 0) is 10.0 Å². The molecule has 0 aliphatic heterocycles. The molecular formula is C18H17ClN4O2S. The van der Waals surface area contributed by atoms with Gasteiger partial charge in [0.25, 0.3) is 10.0 Å². The van der Waals surface area contributed by atoms with E-state index >= 15 is 0 Å². The van der Waals surface area contributed by atoms with E-state index in [0.29, 0.717) is 10.8 Å². The van der Waals surface area contributed by atoms with Crippen molar-refractivity contribution in [1.82, 2.24) is 10.2 Å². The molecule has 0 spiro atoms. The molecule has 1 aromatic heterocycles. The molecule has 0 aliphatic rings. The summed E-state index contributed by atoms with van der Waals surface area (Å²) >= 11 is 6.00. The van der Waals surface area contributed by atoms with Gasteiger partial charge in [-0.25, -0.2) is 8.42 Å². The third-order valence-corrected chi connectivity index (χ3v) is 5.30. The molecule has 0 fully saturated rings. The average Bonchev–Trinajstić information content (AvgIpc) is 2.60. The van der Waals surface area contributed by atoms with E-state index in [-0.39, 0.29) is 10.7 Å². The minimum atomic E-state index is -3.70. The fourth-order valence-corrected chi connectivity index (χ4v) is 3.40. The van der Waals surface area contributed by atoms with Gasteiger partial charge in [-0.15, -0.1) is 10.2 Å². The van der Waals surface area contributed by atoms with Crippen LogP contribution in [0.15, 0.2) is 59.5 Å². The monoisotopic (exact) mass is 388 g/mol. The molecular weight excluding hydrogens is 372 g/mol. The van der Waals surface area contributed by atoms with Crippen molar-refractivity contribution in [2.75, 3.05) is 10.0 Å². The largest absolute Gasteiger partial charge is 0.338 e. The molecule has 0 amide bonds. The van der Waals surface area contributed by atoms with Crippen molar-refractivity contribution in [2.24, 2.45) is 0 Å². The van der Waals surface area contributed by atoms with E-state index in [1.54, 1.807) is 48.5 Å². The molecule has 0 saturated carbocycles. The van der Waals surface area contributed by atoms with Crippen LogP contribution in [-0.4, -0.2) is 18.6 Å². The Balaban J connectivity index is 1.75. The third-order valence-electron chi connectivity index (χ3n) is 3.70. The Morgan fingerprint density at radius 3 is 2.19 bits per heavy atom.